The minimum atomic E-state index is -6.60. The van der Waals surface area contributed by atoms with Gasteiger partial charge in [0.1, 0.15) is 0 Å². The highest BCUT2D eigenvalue weighted by Crippen LogP contribution is 2.57. The topological polar surface area (TPSA) is 92.5 Å². The molecule has 0 atom stereocenters. The Labute approximate surface area is 169 Å². The molecule has 0 heterocycles. The molecule has 0 aliphatic heterocycles. The van der Waals surface area contributed by atoms with Crippen LogP contribution in [0.1, 0.15) is 11.1 Å². The molecule has 0 unspecified atom stereocenters. The molecule has 180 valence electrons. The van der Waals surface area contributed by atoms with E-state index in [1.54, 1.807) is 0 Å². The second kappa shape index (κ2) is 6.94. The highest BCUT2D eigenvalue weighted by Gasteiger charge is 2.74. The monoisotopic (exact) mass is 490 g/mol. The first-order valence-electron chi connectivity index (χ1n) is 7.86. The fraction of sp³-hybridized carbons (Fsp3) is 0.375. The van der Waals surface area contributed by atoms with Crippen molar-refractivity contribution in [2.24, 2.45) is 0 Å². The SMILES string of the molecule is Nc1ccc2ccc(C(O)(C(F)(F)F)C(F)(F)F)c(N)c2c1C(O)(C(F)(F)F)C(F)(F)F. The summed E-state index contributed by atoms with van der Waals surface area (Å²) in [6.07, 6.45) is -26.3. The third-order valence-electron chi connectivity index (χ3n) is 4.65. The van der Waals surface area contributed by atoms with Gasteiger partial charge in [0.15, 0.2) is 0 Å². The van der Waals surface area contributed by atoms with Crippen molar-refractivity contribution >= 4 is 22.1 Å². The van der Waals surface area contributed by atoms with E-state index in [2.05, 4.69) is 0 Å². The first kappa shape index (κ1) is 25.6. The van der Waals surface area contributed by atoms with Gasteiger partial charge in [0.2, 0.25) is 0 Å². The number of hydrogen-bond donors (Lipinski definition) is 4. The number of halogens is 12. The fourth-order valence-electron chi connectivity index (χ4n) is 3.08. The van der Waals surface area contributed by atoms with E-state index in [1.807, 2.05) is 0 Å². The molecule has 0 saturated carbocycles. The Morgan fingerprint density at radius 1 is 0.562 bits per heavy atom. The molecule has 2 aromatic rings. The van der Waals surface area contributed by atoms with Crippen LogP contribution in [0.4, 0.5) is 64.1 Å². The van der Waals surface area contributed by atoms with E-state index in [4.69, 9.17) is 11.5 Å². The van der Waals surface area contributed by atoms with Crippen LogP contribution in [0.2, 0.25) is 0 Å². The fourth-order valence-corrected chi connectivity index (χ4v) is 3.08. The predicted octanol–water partition coefficient (Wildman–Crippen LogP) is 4.63. The van der Waals surface area contributed by atoms with Crippen molar-refractivity contribution in [2.75, 3.05) is 11.5 Å². The lowest BCUT2D eigenvalue weighted by Gasteiger charge is -2.36. The zero-order chi connectivity index (χ0) is 25.3. The summed E-state index contributed by atoms with van der Waals surface area (Å²) in [5.74, 6) is 0. The number of rotatable bonds is 2. The van der Waals surface area contributed by atoms with Crippen LogP contribution in [0.15, 0.2) is 24.3 Å². The number of anilines is 2. The average Bonchev–Trinajstić information content (AvgIpc) is 2.57. The number of aliphatic hydroxyl groups is 2. The number of fused-ring (bicyclic) bond motifs is 1. The Balaban J connectivity index is 3.18. The minimum absolute atomic E-state index is 0.0706. The molecule has 0 spiro atoms. The molecule has 0 radical (unpaired) electrons. The third-order valence-corrected chi connectivity index (χ3v) is 4.65. The van der Waals surface area contributed by atoms with Gasteiger partial charge in [-0.15, -0.1) is 0 Å². The van der Waals surface area contributed by atoms with Crippen molar-refractivity contribution in [1.82, 2.24) is 0 Å². The van der Waals surface area contributed by atoms with Crippen molar-refractivity contribution in [3.05, 3.63) is 35.4 Å². The van der Waals surface area contributed by atoms with Crippen molar-refractivity contribution in [3.8, 4) is 0 Å². The molecule has 0 bridgehead atoms. The number of alkyl halides is 12. The first-order valence-corrected chi connectivity index (χ1v) is 7.86. The lowest BCUT2D eigenvalue weighted by molar-refractivity contribution is -0.376. The van der Waals surface area contributed by atoms with Crippen LogP contribution in [0.25, 0.3) is 10.8 Å². The van der Waals surface area contributed by atoms with Gasteiger partial charge in [-0.25, -0.2) is 0 Å². The highest BCUT2D eigenvalue weighted by atomic mass is 19.4. The Kier molecular flexibility index (Phi) is 5.56. The van der Waals surface area contributed by atoms with Gasteiger partial charge >= 0.3 is 24.7 Å². The van der Waals surface area contributed by atoms with E-state index >= 15 is 0 Å². The van der Waals surface area contributed by atoms with Crippen LogP contribution < -0.4 is 11.5 Å². The smallest absolute Gasteiger partial charge is 0.398 e. The van der Waals surface area contributed by atoms with E-state index in [1.165, 1.54) is 0 Å². The summed E-state index contributed by atoms with van der Waals surface area (Å²) in [4.78, 5) is 0. The van der Waals surface area contributed by atoms with Gasteiger partial charge < -0.3 is 21.7 Å². The van der Waals surface area contributed by atoms with Gasteiger partial charge in [0.05, 0.1) is 0 Å². The third kappa shape index (κ3) is 3.35. The van der Waals surface area contributed by atoms with Gasteiger partial charge in [-0.05, 0) is 11.5 Å². The summed E-state index contributed by atoms with van der Waals surface area (Å²) < 4.78 is 159. The summed E-state index contributed by atoms with van der Waals surface area (Å²) in [5, 5.41) is 16.6. The van der Waals surface area contributed by atoms with Crippen molar-refractivity contribution in [3.63, 3.8) is 0 Å². The van der Waals surface area contributed by atoms with Gasteiger partial charge in [-0.3, -0.25) is 0 Å². The van der Waals surface area contributed by atoms with E-state index in [0.717, 1.165) is 0 Å². The van der Waals surface area contributed by atoms with Crippen LogP contribution in [-0.2, 0) is 11.2 Å². The molecule has 0 aliphatic rings. The normalized spacial score (nSPS) is 14.8. The van der Waals surface area contributed by atoms with Gasteiger partial charge in [-0.2, -0.15) is 52.7 Å². The molecule has 0 aromatic heterocycles. The van der Waals surface area contributed by atoms with Crippen LogP contribution in [0, 0.1) is 0 Å². The van der Waals surface area contributed by atoms with E-state index in [9.17, 15) is 62.9 Å². The maximum atomic E-state index is 13.4. The standard InChI is InChI=1S/C16H10F12N2O2/c17-13(18,19)11(31,14(20,21)22)6-3-1-5-2-4-7(29)9(8(5)10(6)30)12(32,15(23,24)25)16(26,27)28/h1-4,31-32H,29-30H2. The summed E-state index contributed by atoms with van der Waals surface area (Å²) in [6.45, 7) is 0. The summed E-state index contributed by atoms with van der Waals surface area (Å²) in [7, 11) is 0. The minimum Gasteiger partial charge on any atom is -0.398 e. The molecule has 32 heavy (non-hydrogen) atoms. The quantitative estimate of drug-likeness (QED) is 0.365. The zero-order valence-electron chi connectivity index (χ0n) is 14.9. The number of nitrogen functional groups attached to an aromatic ring is 2. The van der Waals surface area contributed by atoms with E-state index < -0.39 is 69.2 Å². The second-order valence-electron chi connectivity index (χ2n) is 6.57. The van der Waals surface area contributed by atoms with Crippen LogP contribution in [0.3, 0.4) is 0 Å². The number of hydrogen-bond acceptors (Lipinski definition) is 4. The maximum absolute atomic E-state index is 13.4. The molecule has 0 saturated heterocycles. The average molecular weight is 490 g/mol. The molecular formula is C16H10F12N2O2. The highest BCUT2D eigenvalue weighted by molar-refractivity contribution is 6.01. The van der Waals surface area contributed by atoms with Gasteiger partial charge in [-0.1, -0.05) is 18.2 Å². The first-order chi connectivity index (χ1) is 14.0. The summed E-state index contributed by atoms with van der Waals surface area (Å²) in [5.41, 5.74) is -9.42. The zero-order valence-corrected chi connectivity index (χ0v) is 14.9. The van der Waals surface area contributed by atoms with Crippen molar-refractivity contribution in [2.45, 2.75) is 35.9 Å². The molecule has 0 fully saturated rings. The summed E-state index contributed by atoms with van der Waals surface area (Å²) >= 11 is 0. The van der Waals surface area contributed by atoms with Crippen LogP contribution >= 0.6 is 0 Å². The lowest BCUT2D eigenvalue weighted by atomic mass is 9.82. The molecule has 4 nitrogen and oxygen atoms in total. The molecule has 0 aliphatic carbocycles. The molecule has 16 heteroatoms. The number of nitrogens with two attached hydrogens (primary N) is 2. The van der Waals surface area contributed by atoms with Crippen LogP contribution in [-0.4, -0.2) is 34.9 Å². The van der Waals surface area contributed by atoms with Gasteiger partial charge in [0.25, 0.3) is 11.2 Å². The van der Waals surface area contributed by atoms with Crippen molar-refractivity contribution in [1.29, 1.82) is 0 Å². The molecule has 6 N–H and O–H groups in total. The van der Waals surface area contributed by atoms with E-state index in [-0.39, 0.29) is 12.1 Å². The maximum Gasteiger partial charge on any atom is 0.430 e. The van der Waals surface area contributed by atoms with Crippen LogP contribution in [0.5, 0.6) is 0 Å². The molecule has 2 rings (SSSR count). The van der Waals surface area contributed by atoms with E-state index in [0.29, 0.717) is 12.1 Å². The summed E-state index contributed by atoms with van der Waals surface area (Å²) in [6, 6.07) is 1.22. The Morgan fingerprint density at radius 3 is 1.31 bits per heavy atom. The second-order valence-corrected chi connectivity index (χ2v) is 6.57. The number of benzene rings is 2. The molecule has 0 amide bonds. The lowest BCUT2D eigenvalue weighted by Crippen LogP contribution is -2.55. The van der Waals surface area contributed by atoms with Gasteiger partial charge in [0, 0.05) is 27.9 Å². The predicted molar refractivity (Wildman–Crippen MR) is 84.8 cm³/mol. The Morgan fingerprint density at radius 2 is 0.938 bits per heavy atom. The Bertz CT molecular complexity index is 1010. The molecular weight excluding hydrogens is 480 g/mol. The largest absolute Gasteiger partial charge is 0.430 e. The molecule has 2 aromatic carbocycles. The Hall–Kier alpha value is -2.62. The van der Waals surface area contributed by atoms with Crippen molar-refractivity contribution < 1.29 is 62.9 Å².